The van der Waals surface area contributed by atoms with Gasteiger partial charge in [-0.15, -0.1) is 22.7 Å². The van der Waals surface area contributed by atoms with Gasteiger partial charge in [-0.1, -0.05) is 30.3 Å². The molecule has 0 saturated carbocycles. The van der Waals surface area contributed by atoms with Crippen molar-refractivity contribution >= 4 is 28.6 Å². The van der Waals surface area contributed by atoms with Crippen LogP contribution in [-0.4, -0.2) is 27.0 Å². The molecule has 0 radical (unpaired) electrons. The summed E-state index contributed by atoms with van der Waals surface area (Å²) in [4.78, 5) is 21.8. The molecule has 0 aliphatic rings. The number of hydrogen-bond acceptors (Lipinski definition) is 6. The first-order chi connectivity index (χ1) is 12.0. The van der Waals surface area contributed by atoms with Crippen LogP contribution in [0.2, 0.25) is 0 Å². The van der Waals surface area contributed by atoms with Crippen molar-refractivity contribution in [3.05, 3.63) is 68.1 Å². The molecule has 0 saturated heterocycles. The lowest BCUT2D eigenvalue weighted by molar-refractivity contribution is 0.0835. The highest BCUT2D eigenvalue weighted by Gasteiger charge is 2.27. The molecule has 130 valence electrons. The summed E-state index contributed by atoms with van der Waals surface area (Å²) in [6, 6.07) is 9.33. The number of nitrogens with one attached hydrogen (secondary N) is 1. The van der Waals surface area contributed by atoms with Crippen molar-refractivity contribution in [1.29, 1.82) is 0 Å². The summed E-state index contributed by atoms with van der Waals surface area (Å²) in [5, 5.41) is 17.0. The Balaban J connectivity index is 1.83. The van der Waals surface area contributed by atoms with E-state index in [-0.39, 0.29) is 5.91 Å². The zero-order valence-electron chi connectivity index (χ0n) is 14.0. The van der Waals surface area contributed by atoms with Gasteiger partial charge < -0.3 is 10.4 Å². The number of aliphatic hydroxyl groups is 1. The molecule has 0 bridgehead atoms. The van der Waals surface area contributed by atoms with Crippen molar-refractivity contribution in [3.63, 3.8) is 0 Å². The van der Waals surface area contributed by atoms with Crippen LogP contribution in [0.4, 0.5) is 0 Å². The van der Waals surface area contributed by atoms with Crippen molar-refractivity contribution in [1.82, 2.24) is 15.3 Å². The van der Waals surface area contributed by atoms with Gasteiger partial charge in [-0.2, -0.15) is 0 Å². The van der Waals surface area contributed by atoms with Gasteiger partial charge in [0, 0.05) is 11.6 Å². The minimum atomic E-state index is -0.863. The Hall–Kier alpha value is -2.09. The van der Waals surface area contributed by atoms with E-state index in [9.17, 15) is 9.90 Å². The Morgan fingerprint density at radius 2 is 2.04 bits per heavy atom. The molecule has 1 amide bonds. The van der Waals surface area contributed by atoms with E-state index in [2.05, 4.69) is 15.3 Å². The van der Waals surface area contributed by atoms with Crippen LogP contribution in [0.5, 0.6) is 0 Å². The van der Waals surface area contributed by atoms with Gasteiger partial charge in [0.25, 0.3) is 5.91 Å². The second-order valence-electron chi connectivity index (χ2n) is 5.73. The Labute approximate surface area is 154 Å². The predicted octanol–water partition coefficient (Wildman–Crippen LogP) is 3.29. The van der Waals surface area contributed by atoms with Gasteiger partial charge in [-0.3, -0.25) is 4.79 Å². The smallest absolute Gasteiger partial charge is 0.263 e. The maximum absolute atomic E-state index is 12.7. The summed E-state index contributed by atoms with van der Waals surface area (Å²) in [6.45, 7) is 3.70. The summed E-state index contributed by atoms with van der Waals surface area (Å²) in [5.41, 5.74) is 1.75. The molecular formula is C18H19N3O2S2. The third kappa shape index (κ3) is 4.31. The first kappa shape index (κ1) is 17.7. The van der Waals surface area contributed by atoms with Crippen molar-refractivity contribution in [3.8, 4) is 0 Å². The zero-order chi connectivity index (χ0) is 17.8. The summed E-state index contributed by atoms with van der Waals surface area (Å²) in [5.74, 6) is -0.209. The topological polar surface area (TPSA) is 75.1 Å². The molecule has 0 unspecified atom stereocenters. The number of hydrogen-bond donors (Lipinski definition) is 2. The predicted molar refractivity (Wildman–Crippen MR) is 100 cm³/mol. The largest absolute Gasteiger partial charge is 0.384 e. The highest BCUT2D eigenvalue weighted by atomic mass is 32.1. The first-order valence-electron chi connectivity index (χ1n) is 7.91. The summed E-state index contributed by atoms with van der Waals surface area (Å²) in [6.07, 6.45) is 1.31. The molecule has 0 spiro atoms. The van der Waals surface area contributed by atoms with E-state index in [4.69, 9.17) is 0 Å². The molecular weight excluding hydrogens is 354 g/mol. The van der Waals surface area contributed by atoms with Crippen LogP contribution in [0.15, 0.2) is 41.9 Å². The van der Waals surface area contributed by atoms with Gasteiger partial charge in [0.2, 0.25) is 0 Å². The molecule has 3 rings (SSSR count). The summed E-state index contributed by atoms with van der Waals surface area (Å²) >= 11 is 2.74. The fourth-order valence-electron chi connectivity index (χ4n) is 2.64. The van der Waals surface area contributed by atoms with E-state index >= 15 is 0 Å². The molecule has 0 aliphatic heterocycles. The molecule has 1 aromatic carbocycles. The van der Waals surface area contributed by atoms with Gasteiger partial charge in [-0.05, 0) is 25.8 Å². The number of thiazole rings is 2. The molecule has 25 heavy (non-hydrogen) atoms. The molecule has 2 heterocycles. The monoisotopic (exact) mass is 373 g/mol. The van der Waals surface area contributed by atoms with Crippen molar-refractivity contribution in [2.24, 2.45) is 0 Å². The SMILES string of the molecule is Cc1nc(C)c(C(=O)N[C@@H](Cc2ccccc2)[C@@H](O)c2nccs2)s1. The van der Waals surface area contributed by atoms with Gasteiger partial charge in [-0.25, -0.2) is 9.97 Å². The number of aryl methyl sites for hydroxylation is 2. The second kappa shape index (κ2) is 7.86. The number of aromatic nitrogens is 2. The van der Waals surface area contributed by atoms with E-state index < -0.39 is 12.1 Å². The highest BCUT2D eigenvalue weighted by Crippen LogP contribution is 2.23. The lowest BCUT2D eigenvalue weighted by Gasteiger charge is -2.23. The van der Waals surface area contributed by atoms with E-state index in [0.717, 1.165) is 10.6 Å². The van der Waals surface area contributed by atoms with Crippen LogP contribution in [-0.2, 0) is 6.42 Å². The first-order valence-corrected chi connectivity index (χ1v) is 9.60. The Kier molecular flexibility index (Phi) is 5.57. The van der Waals surface area contributed by atoms with Crippen molar-refractivity contribution in [2.75, 3.05) is 0 Å². The van der Waals surface area contributed by atoms with Crippen molar-refractivity contribution < 1.29 is 9.90 Å². The fraction of sp³-hybridized carbons (Fsp3) is 0.278. The van der Waals surface area contributed by atoms with E-state index in [1.165, 1.54) is 22.7 Å². The fourth-order valence-corrected chi connectivity index (χ4v) is 4.15. The quantitative estimate of drug-likeness (QED) is 0.695. The van der Waals surface area contributed by atoms with E-state index in [1.54, 1.807) is 6.20 Å². The second-order valence-corrected chi connectivity index (χ2v) is 7.86. The molecule has 2 aromatic heterocycles. The number of benzene rings is 1. The van der Waals surface area contributed by atoms with Gasteiger partial charge in [0.15, 0.2) is 0 Å². The molecule has 2 atom stereocenters. The zero-order valence-corrected chi connectivity index (χ0v) is 15.6. The minimum absolute atomic E-state index is 0.209. The molecule has 7 heteroatoms. The lowest BCUT2D eigenvalue weighted by atomic mass is 10.0. The van der Waals surface area contributed by atoms with E-state index in [1.807, 2.05) is 49.6 Å². The summed E-state index contributed by atoms with van der Waals surface area (Å²) in [7, 11) is 0. The molecule has 3 aromatic rings. The number of nitrogens with zero attached hydrogens (tertiary/aromatic N) is 2. The van der Waals surface area contributed by atoms with Crippen LogP contribution < -0.4 is 5.32 Å². The average molecular weight is 374 g/mol. The minimum Gasteiger partial charge on any atom is -0.384 e. The number of carbonyl (C=O) groups is 1. The molecule has 0 aliphatic carbocycles. The van der Waals surface area contributed by atoms with Gasteiger partial charge >= 0.3 is 0 Å². The maximum Gasteiger partial charge on any atom is 0.263 e. The number of rotatable bonds is 6. The Morgan fingerprint density at radius 1 is 1.28 bits per heavy atom. The molecule has 5 nitrogen and oxygen atoms in total. The number of amides is 1. The number of carbonyl (C=O) groups excluding carboxylic acids is 1. The molecule has 0 fully saturated rings. The van der Waals surface area contributed by atoms with Crippen LogP contribution in [0.3, 0.4) is 0 Å². The third-order valence-electron chi connectivity index (χ3n) is 3.81. The average Bonchev–Trinajstić information content (AvgIpc) is 3.24. The third-order valence-corrected chi connectivity index (χ3v) is 5.73. The van der Waals surface area contributed by atoms with Gasteiger partial charge in [0.1, 0.15) is 16.0 Å². The number of aliphatic hydroxyl groups excluding tert-OH is 1. The Bertz CT molecular complexity index is 831. The van der Waals surface area contributed by atoms with Crippen LogP contribution in [0.25, 0.3) is 0 Å². The summed E-state index contributed by atoms with van der Waals surface area (Å²) < 4.78 is 0. The van der Waals surface area contributed by atoms with Crippen molar-refractivity contribution in [2.45, 2.75) is 32.4 Å². The van der Waals surface area contributed by atoms with E-state index in [0.29, 0.717) is 22.0 Å². The van der Waals surface area contributed by atoms with Crippen LogP contribution in [0.1, 0.15) is 37.0 Å². The molecule has 2 N–H and O–H groups in total. The standard InChI is InChI=1S/C18H19N3O2S2/c1-11-16(25-12(2)20-11)17(23)21-14(10-13-6-4-3-5-7-13)15(22)18-19-8-9-24-18/h3-9,14-15,22H,10H2,1-2H3,(H,21,23)/t14-,15+/m0/s1. The lowest BCUT2D eigenvalue weighted by Crippen LogP contribution is -2.41. The normalized spacial score (nSPS) is 13.4. The maximum atomic E-state index is 12.7. The van der Waals surface area contributed by atoms with Gasteiger partial charge in [0.05, 0.1) is 16.7 Å². The van der Waals surface area contributed by atoms with Crippen LogP contribution in [0, 0.1) is 13.8 Å². The Morgan fingerprint density at radius 3 is 2.64 bits per heavy atom. The van der Waals surface area contributed by atoms with Crippen LogP contribution >= 0.6 is 22.7 Å². The highest BCUT2D eigenvalue weighted by molar-refractivity contribution is 7.13.